The smallest absolute Gasteiger partial charge is 0.407 e. The molecule has 0 spiro atoms. The number of benzene rings is 2. The Labute approximate surface area is 275 Å². The molecular weight excluding hydrogens is 620 g/mol. The molecule has 0 radical (unpaired) electrons. The zero-order chi connectivity index (χ0) is 34.1. The molecule has 7 rings (SSSR count). The summed E-state index contributed by atoms with van der Waals surface area (Å²) in [6, 6.07) is 8.70. The van der Waals surface area contributed by atoms with Crippen LogP contribution in [0.25, 0.3) is 39.2 Å². The molecule has 12 nitrogen and oxygen atoms in total. The summed E-state index contributed by atoms with van der Waals surface area (Å²) in [5.74, 6) is -0.770. The molecule has 14 heteroatoms. The van der Waals surface area contributed by atoms with Gasteiger partial charge in [0.15, 0.2) is 11.5 Å². The summed E-state index contributed by atoms with van der Waals surface area (Å²) < 4.78 is 39.9. The van der Waals surface area contributed by atoms with Crippen molar-refractivity contribution in [3.05, 3.63) is 59.9 Å². The SMILES string of the molecule is CC(C)(O)Cn1nnc2cc(-c3c(-c4ccc(C#N)c(F)c4)nc4c(N5[C@@H]6CC[C@H]5[C@@H](NC(=O)OC(C)(C)C)C6)nccn34)c(F)cc21. The van der Waals surface area contributed by atoms with Crippen molar-refractivity contribution in [2.75, 3.05) is 4.90 Å². The number of aliphatic hydroxyl groups is 1. The van der Waals surface area contributed by atoms with E-state index >= 15 is 4.39 Å². The van der Waals surface area contributed by atoms with Crippen molar-refractivity contribution in [1.82, 2.24) is 34.7 Å². The van der Waals surface area contributed by atoms with E-state index in [1.165, 1.54) is 22.9 Å². The van der Waals surface area contributed by atoms with Crippen LogP contribution in [0.5, 0.6) is 0 Å². The number of hydrogen-bond acceptors (Lipinski definition) is 9. The van der Waals surface area contributed by atoms with Crippen molar-refractivity contribution in [3.8, 4) is 28.6 Å². The number of alkyl carbamates (subject to hydrolysis) is 1. The Morgan fingerprint density at radius 3 is 2.65 bits per heavy atom. The molecule has 2 fully saturated rings. The van der Waals surface area contributed by atoms with Crippen LogP contribution in [0.2, 0.25) is 0 Å². The van der Waals surface area contributed by atoms with Crippen molar-refractivity contribution in [3.63, 3.8) is 0 Å². The summed E-state index contributed by atoms with van der Waals surface area (Å²) in [7, 11) is 0. The molecule has 2 bridgehead atoms. The van der Waals surface area contributed by atoms with Gasteiger partial charge in [0, 0.05) is 35.6 Å². The van der Waals surface area contributed by atoms with Crippen LogP contribution in [-0.4, -0.2) is 69.9 Å². The zero-order valence-electron chi connectivity index (χ0n) is 27.2. The first kappa shape index (κ1) is 31.4. The van der Waals surface area contributed by atoms with Crippen LogP contribution in [0.15, 0.2) is 42.7 Å². The fourth-order valence-electron chi connectivity index (χ4n) is 6.94. The Hall–Kier alpha value is -5.16. The van der Waals surface area contributed by atoms with Gasteiger partial charge in [-0.1, -0.05) is 11.3 Å². The third-order valence-electron chi connectivity index (χ3n) is 8.76. The number of ether oxygens (including phenoxy) is 1. The third-order valence-corrected chi connectivity index (χ3v) is 8.76. The van der Waals surface area contributed by atoms with Gasteiger partial charge in [-0.05, 0) is 72.1 Å². The number of halogens is 2. The molecule has 2 aliphatic rings. The van der Waals surface area contributed by atoms with Gasteiger partial charge in [-0.2, -0.15) is 5.26 Å². The van der Waals surface area contributed by atoms with E-state index in [0.717, 1.165) is 12.8 Å². The van der Waals surface area contributed by atoms with E-state index < -0.39 is 28.9 Å². The lowest BCUT2D eigenvalue weighted by Gasteiger charge is -2.27. The number of rotatable bonds is 6. The van der Waals surface area contributed by atoms with Gasteiger partial charge in [0.05, 0.1) is 46.7 Å². The minimum atomic E-state index is -1.11. The van der Waals surface area contributed by atoms with Crippen LogP contribution in [0.1, 0.15) is 59.4 Å². The molecule has 248 valence electrons. The third kappa shape index (κ3) is 5.57. The second-order valence-corrected chi connectivity index (χ2v) is 14.1. The quantitative estimate of drug-likeness (QED) is 0.247. The Balaban J connectivity index is 1.37. The van der Waals surface area contributed by atoms with E-state index in [9.17, 15) is 19.6 Å². The first-order chi connectivity index (χ1) is 22.7. The number of amides is 1. The van der Waals surface area contributed by atoms with E-state index in [0.29, 0.717) is 40.2 Å². The highest BCUT2D eigenvalue weighted by atomic mass is 19.1. The van der Waals surface area contributed by atoms with Crippen molar-refractivity contribution in [2.45, 2.75) is 89.8 Å². The highest BCUT2D eigenvalue weighted by molar-refractivity contribution is 5.89. The molecule has 3 atom stereocenters. The second kappa shape index (κ2) is 11.2. The molecule has 3 aromatic heterocycles. The Kier molecular flexibility index (Phi) is 7.35. The van der Waals surface area contributed by atoms with E-state index in [1.807, 2.05) is 26.8 Å². The number of fused-ring (bicyclic) bond motifs is 4. The number of aromatic nitrogens is 6. The Bertz CT molecular complexity index is 2120. The van der Waals surface area contributed by atoms with Crippen molar-refractivity contribution >= 4 is 28.6 Å². The van der Waals surface area contributed by atoms with Gasteiger partial charge in [0.25, 0.3) is 0 Å². The summed E-state index contributed by atoms with van der Waals surface area (Å²) in [6.45, 7) is 8.80. The molecule has 5 aromatic rings. The lowest BCUT2D eigenvalue weighted by atomic mass is 9.96. The van der Waals surface area contributed by atoms with Crippen molar-refractivity contribution in [2.24, 2.45) is 0 Å². The summed E-state index contributed by atoms with van der Waals surface area (Å²) in [6.07, 6.45) is 5.21. The number of nitrogens with zero attached hydrogens (tertiary/aromatic N) is 8. The predicted molar refractivity (Wildman–Crippen MR) is 173 cm³/mol. The van der Waals surface area contributed by atoms with Gasteiger partial charge in [0.1, 0.15) is 28.8 Å². The zero-order valence-corrected chi connectivity index (χ0v) is 27.2. The van der Waals surface area contributed by atoms with Crippen LogP contribution in [0, 0.1) is 23.0 Å². The van der Waals surface area contributed by atoms with E-state index in [2.05, 4.69) is 20.5 Å². The molecular formula is C34H35F2N9O3. The molecule has 2 aliphatic heterocycles. The maximum absolute atomic E-state index is 16.3. The maximum atomic E-state index is 16.3. The van der Waals surface area contributed by atoms with E-state index in [4.69, 9.17) is 14.7 Å². The largest absolute Gasteiger partial charge is 0.444 e. The molecule has 48 heavy (non-hydrogen) atoms. The molecule has 0 aliphatic carbocycles. The van der Waals surface area contributed by atoms with Crippen LogP contribution in [-0.2, 0) is 11.3 Å². The summed E-state index contributed by atoms with van der Waals surface area (Å²) >= 11 is 0. The number of nitriles is 1. The molecule has 5 heterocycles. The molecule has 1 amide bonds. The molecule has 0 saturated carbocycles. The van der Waals surface area contributed by atoms with Crippen molar-refractivity contribution in [1.29, 1.82) is 5.26 Å². The average molecular weight is 656 g/mol. The Morgan fingerprint density at radius 1 is 1.15 bits per heavy atom. The molecule has 2 saturated heterocycles. The number of hydrogen-bond donors (Lipinski definition) is 2. The summed E-state index contributed by atoms with van der Waals surface area (Å²) in [5.41, 5.74) is 0.462. The van der Waals surface area contributed by atoms with Gasteiger partial charge in [-0.15, -0.1) is 5.10 Å². The number of nitrogens with one attached hydrogen (secondary N) is 1. The van der Waals surface area contributed by atoms with Crippen molar-refractivity contribution < 1.29 is 23.4 Å². The van der Waals surface area contributed by atoms with Gasteiger partial charge < -0.3 is 20.1 Å². The van der Waals surface area contributed by atoms with Gasteiger partial charge in [0.2, 0.25) is 0 Å². The number of anilines is 1. The standard InChI is InChI=1S/C34H35F2N9O3/c1-33(2,3)48-32(46)39-24-13-20-8-9-26(24)45(20)30-31-40-28(18-6-7-19(16-37)22(35)12-18)29(43(31)11-10-38-30)21-14-25-27(15-23(21)36)44(42-41-25)17-34(4,5)47/h6-7,10-12,14-15,20,24,26,47H,8-9,13,17H2,1-5H3,(H,39,46)/t20-,24+,26+/m1/s1. The van der Waals surface area contributed by atoms with Gasteiger partial charge in [-0.3, -0.25) is 4.40 Å². The first-order valence-corrected chi connectivity index (χ1v) is 15.8. The number of carbonyl (C=O) groups is 1. The van der Waals surface area contributed by atoms with E-state index in [-0.39, 0.29) is 41.5 Å². The van der Waals surface area contributed by atoms with E-state index in [1.54, 1.807) is 42.8 Å². The molecule has 0 unspecified atom stereocenters. The van der Waals surface area contributed by atoms with Gasteiger partial charge in [-0.25, -0.2) is 28.2 Å². The minimum absolute atomic E-state index is 0.0727. The molecule has 2 N–H and O–H groups in total. The van der Waals surface area contributed by atoms with Crippen LogP contribution in [0.4, 0.5) is 19.4 Å². The first-order valence-electron chi connectivity index (χ1n) is 15.8. The summed E-state index contributed by atoms with van der Waals surface area (Å²) in [4.78, 5) is 24.5. The maximum Gasteiger partial charge on any atom is 0.407 e. The molecule has 2 aromatic carbocycles. The van der Waals surface area contributed by atoms with Crippen LogP contribution >= 0.6 is 0 Å². The highest BCUT2D eigenvalue weighted by Gasteiger charge is 2.48. The minimum Gasteiger partial charge on any atom is -0.444 e. The highest BCUT2D eigenvalue weighted by Crippen LogP contribution is 2.44. The number of carbonyl (C=O) groups excluding carboxylic acids is 1. The number of imidazole rings is 1. The topological polar surface area (TPSA) is 146 Å². The van der Waals surface area contributed by atoms with Crippen LogP contribution in [0.3, 0.4) is 0 Å². The lowest BCUT2D eigenvalue weighted by Crippen LogP contribution is -2.46. The monoisotopic (exact) mass is 655 g/mol. The second-order valence-electron chi connectivity index (χ2n) is 14.1. The predicted octanol–water partition coefficient (Wildman–Crippen LogP) is 5.36. The summed E-state index contributed by atoms with van der Waals surface area (Å²) in [5, 5.41) is 31.1. The fourth-order valence-corrected chi connectivity index (χ4v) is 6.94. The fraction of sp³-hybridized carbons (Fsp3) is 0.412. The normalized spacial score (nSPS) is 19.3. The Morgan fingerprint density at radius 2 is 1.94 bits per heavy atom. The van der Waals surface area contributed by atoms with Gasteiger partial charge >= 0.3 is 6.09 Å². The van der Waals surface area contributed by atoms with Crippen LogP contribution < -0.4 is 10.2 Å². The average Bonchev–Trinajstić information content (AvgIpc) is 3.76. The lowest BCUT2D eigenvalue weighted by molar-refractivity contribution is 0.0497.